The van der Waals surface area contributed by atoms with E-state index in [-0.39, 0.29) is 17.7 Å². The van der Waals surface area contributed by atoms with Crippen LogP contribution in [0.1, 0.15) is 23.2 Å². The highest BCUT2D eigenvalue weighted by Gasteiger charge is 2.29. The van der Waals surface area contributed by atoms with Crippen LogP contribution in [-0.2, 0) is 4.79 Å². The first-order valence-electron chi connectivity index (χ1n) is 10.9. The number of likely N-dealkylation sites (tertiary alicyclic amines) is 1. The quantitative estimate of drug-likeness (QED) is 0.789. The molecule has 0 bridgehead atoms. The summed E-state index contributed by atoms with van der Waals surface area (Å²) in [5, 5.41) is 3.75. The lowest BCUT2D eigenvalue weighted by Crippen LogP contribution is -2.45. The molecule has 2 fully saturated rings. The zero-order chi connectivity index (χ0) is 21.8. The fourth-order valence-electron chi connectivity index (χ4n) is 4.29. The summed E-state index contributed by atoms with van der Waals surface area (Å²) in [5.41, 5.74) is 2.51. The van der Waals surface area contributed by atoms with Gasteiger partial charge >= 0.3 is 0 Å². The van der Waals surface area contributed by atoms with E-state index < -0.39 is 0 Å². The summed E-state index contributed by atoms with van der Waals surface area (Å²) in [6.07, 6.45) is 1.60. The van der Waals surface area contributed by atoms with E-state index in [9.17, 15) is 9.59 Å². The number of amides is 2. The average molecular weight is 441 g/mol. The second-order valence-corrected chi connectivity index (χ2v) is 8.83. The molecule has 2 heterocycles. The van der Waals surface area contributed by atoms with Crippen molar-refractivity contribution >= 4 is 34.8 Å². The van der Waals surface area contributed by atoms with Gasteiger partial charge in [0.05, 0.1) is 17.3 Å². The molecular formula is C24H29ClN4O2. The molecule has 2 aliphatic rings. The van der Waals surface area contributed by atoms with Gasteiger partial charge in [0.2, 0.25) is 5.91 Å². The molecule has 2 saturated heterocycles. The first-order valence-corrected chi connectivity index (χ1v) is 11.3. The first-order chi connectivity index (χ1) is 15.0. The Bertz CT molecular complexity index is 925. The van der Waals surface area contributed by atoms with Crippen molar-refractivity contribution in [1.29, 1.82) is 0 Å². The Morgan fingerprint density at radius 2 is 1.68 bits per heavy atom. The summed E-state index contributed by atoms with van der Waals surface area (Å²) in [4.78, 5) is 32.4. The molecule has 7 heteroatoms. The van der Waals surface area contributed by atoms with Gasteiger partial charge in [-0.1, -0.05) is 23.7 Å². The molecule has 0 aromatic heterocycles. The topological polar surface area (TPSA) is 55.9 Å². The largest absolute Gasteiger partial charge is 0.367 e. The number of hydrogen-bond donors (Lipinski definition) is 1. The maximum absolute atomic E-state index is 13.1. The van der Waals surface area contributed by atoms with E-state index in [0.29, 0.717) is 23.7 Å². The molecule has 2 aromatic rings. The highest BCUT2D eigenvalue weighted by molar-refractivity contribution is 6.30. The lowest BCUT2D eigenvalue weighted by atomic mass is 9.96. The van der Waals surface area contributed by atoms with E-state index in [1.165, 1.54) is 0 Å². The highest BCUT2D eigenvalue weighted by Crippen LogP contribution is 2.28. The third kappa shape index (κ3) is 5.20. The smallest absolute Gasteiger partial charge is 0.253 e. The Morgan fingerprint density at radius 3 is 2.42 bits per heavy atom. The van der Waals surface area contributed by atoms with Crippen LogP contribution in [0.3, 0.4) is 0 Å². The van der Waals surface area contributed by atoms with Gasteiger partial charge in [-0.25, -0.2) is 0 Å². The molecule has 0 saturated carbocycles. The van der Waals surface area contributed by atoms with E-state index in [1.54, 1.807) is 29.2 Å². The van der Waals surface area contributed by atoms with Crippen molar-refractivity contribution in [2.45, 2.75) is 12.8 Å². The standard InChI is InChI=1S/C24H29ClN4O2/c1-27-13-15-28(16-14-27)22-7-3-2-6-21(22)26-23(30)19-5-4-12-29(17-19)24(31)18-8-10-20(25)11-9-18/h2-3,6-11,19H,4-5,12-17H2,1H3,(H,26,30)/t19-/m1/s1. The molecule has 0 spiro atoms. The van der Waals surface area contributed by atoms with Crippen molar-refractivity contribution in [2.75, 3.05) is 56.5 Å². The first kappa shape index (κ1) is 21.7. The van der Waals surface area contributed by atoms with Crippen molar-refractivity contribution in [3.05, 3.63) is 59.1 Å². The van der Waals surface area contributed by atoms with Crippen molar-refractivity contribution in [1.82, 2.24) is 9.80 Å². The average Bonchev–Trinajstić information content (AvgIpc) is 2.80. The highest BCUT2D eigenvalue weighted by atomic mass is 35.5. The normalized spacial score (nSPS) is 19.9. The number of likely N-dealkylation sites (N-methyl/N-ethyl adjacent to an activating group) is 1. The number of nitrogens with zero attached hydrogens (tertiary/aromatic N) is 3. The third-order valence-electron chi connectivity index (χ3n) is 6.18. The lowest BCUT2D eigenvalue weighted by Gasteiger charge is -2.35. The van der Waals surface area contributed by atoms with Gasteiger partial charge in [-0.05, 0) is 56.3 Å². The molecular weight excluding hydrogens is 412 g/mol. The molecule has 31 heavy (non-hydrogen) atoms. The summed E-state index contributed by atoms with van der Waals surface area (Å²) in [6.45, 7) is 5.00. The number of para-hydroxylation sites is 2. The number of anilines is 2. The molecule has 164 valence electrons. The zero-order valence-electron chi connectivity index (χ0n) is 17.9. The predicted octanol–water partition coefficient (Wildman–Crippen LogP) is 3.58. The van der Waals surface area contributed by atoms with Gasteiger partial charge in [0.1, 0.15) is 0 Å². The second-order valence-electron chi connectivity index (χ2n) is 8.39. The Hall–Kier alpha value is -2.57. The number of halogens is 1. The van der Waals surface area contributed by atoms with Crippen LogP contribution < -0.4 is 10.2 Å². The van der Waals surface area contributed by atoms with E-state index in [0.717, 1.165) is 50.4 Å². The minimum absolute atomic E-state index is 0.0183. The fraction of sp³-hybridized carbons (Fsp3) is 0.417. The minimum Gasteiger partial charge on any atom is -0.367 e. The number of hydrogen-bond acceptors (Lipinski definition) is 4. The van der Waals surface area contributed by atoms with Crippen LogP contribution in [0.25, 0.3) is 0 Å². The predicted molar refractivity (Wildman–Crippen MR) is 125 cm³/mol. The van der Waals surface area contributed by atoms with Crippen molar-refractivity contribution < 1.29 is 9.59 Å². The van der Waals surface area contributed by atoms with Crippen LogP contribution in [0.2, 0.25) is 5.02 Å². The number of carbonyl (C=O) groups excluding carboxylic acids is 2. The summed E-state index contributed by atoms with van der Waals surface area (Å²) in [6, 6.07) is 14.9. The van der Waals surface area contributed by atoms with Crippen LogP contribution in [0, 0.1) is 5.92 Å². The van der Waals surface area contributed by atoms with Crippen molar-refractivity contribution in [2.24, 2.45) is 5.92 Å². The molecule has 2 amide bonds. The van der Waals surface area contributed by atoms with Crippen LogP contribution in [0.4, 0.5) is 11.4 Å². The number of nitrogens with one attached hydrogen (secondary N) is 1. The molecule has 0 unspecified atom stereocenters. The number of benzene rings is 2. The van der Waals surface area contributed by atoms with E-state index in [4.69, 9.17) is 11.6 Å². The Balaban J connectivity index is 1.42. The number of carbonyl (C=O) groups is 2. The lowest BCUT2D eigenvalue weighted by molar-refractivity contribution is -0.121. The van der Waals surface area contributed by atoms with Gasteiger partial charge in [0, 0.05) is 49.9 Å². The van der Waals surface area contributed by atoms with Gasteiger partial charge in [0.15, 0.2) is 0 Å². The zero-order valence-corrected chi connectivity index (χ0v) is 18.6. The number of piperazine rings is 1. The third-order valence-corrected chi connectivity index (χ3v) is 6.43. The monoisotopic (exact) mass is 440 g/mol. The van der Waals surface area contributed by atoms with Gasteiger partial charge in [0.25, 0.3) is 5.91 Å². The Kier molecular flexibility index (Phi) is 6.78. The van der Waals surface area contributed by atoms with Crippen molar-refractivity contribution in [3.63, 3.8) is 0 Å². The van der Waals surface area contributed by atoms with E-state index in [1.807, 2.05) is 18.2 Å². The number of rotatable bonds is 4. The van der Waals surface area contributed by atoms with E-state index >= 15 is 0 Å². The van der Waals surface area contributed by atoms with E-state index in [2.05, 4.69) is 28.2 Å². The minimum atomic E-state index is -0.217. The Labute approximate surface area is 188 Å². The molecule has 0 radical (unpaired) electrons. The maximum Gasteiger partial charge on any atom is 0.253 e. The van der Waals surface area contributed by atoms with Gasteiger partial charge in [-0.2, -0.15) is 0 Å². The van der Waals surface area contributed by atoms with Crippen LogP contribution in [-0.4, -0.2) is 67.9 Å². The molecule has 4 rings (SSSR count). The maximum atomic E-state index is 13.1. The van der Waals surface area contributed by atoms with Crippen LogP contribution in [0.15, 0.2) is 48.5 Å². The SMILES string of the molecule is CN1CCN(c2ccccc2NC(=O)[C@@H]2CCCN(C(=O)c3ccc(Cl)cc3)C2)CC1. The molecule has 1 atom stereocenters. The molecule has 0 aliphatic carbocycles. The van der Waals surface area contributed by atoms with Crippen molar-refractivity contribution in [3.8, 4) is 0 Å². The fourth-order valence-corrected chi connectivity index (χ4v) is 4.41. The summed E-state index contributed by atoms with van der Waals surface area (Å²) >= 11 is 5.94. The number of piperidine rings is 1. The van der Waals surface area contributed by atoms with Gasteiger partial charge < -0.3 is 20.0 Å². The van der Waals surface area contributed by atoms with Crippen LogP contribution in [0.5, 0.6) is 0 Å². The molecule has 2 aliphatic heterocycles. The Morgan fingerprint density at radius 1 is 0.968 bits per heavy atom. The molecule has 1 N–H and O–H groups in total. The van der Waals surface area contributed by atoms with Crippen LogP contribution >= 0.6 is 11.6 Å². The molecule has 6 nitrogen and oxygen atoms in total. The summed E-state index contributed by atoms with van der Waals surface area (Å²) < 4.78 is 0. The molecule has 2 aromatic carbocycles. The summed E-state index contributed by atoms with van der Waals surface area (Å²) in [7, 11) is 2.13. The summed E-state index contributed by atoms with van der Waals surface area (Å²) in [5.74, 6) is -0.285. The van der Waals surface area contributed by atoms with Gasteiger partial charge in [-0.3, -0.25) is 9.59 Å². The second kappa shape index (κ2) is 9.71. The van der Waals surface area contributed by atoms with Gasteiger partial charge in [-0.15, -0.1) is 0 Å².